The van der Waals surface area contributed by atoms with E-state index < -0.39 is 6.10 Å². The Hall–Kier alpha value is -1.52. The van der Waals surface area contributed by atoms with Gasteiger partial charge < -0.3 is 20.6 Å². The van der Waals surface area contributed by atoms with Crippen molar-refractivity contribution in [3.05, 3.63) is 30.0 Å². The topological polar surface area (TPSA) is 71.3 Å². The molecule has 0 unspecified atom stereocenters. The van der Waals surface area contributed by atoms with Gasteiger partial charge in [-0.25, -0.2) is 0 Å². The molecule has 86 valence electrons. The third-order valence-electron chi connectivity index (χ3n) is 2.72. The second-order valence-corrected chi connectivity index (χ2v) is 3.75. The van der Waals surface area contributed by atoms with E-state index in [9.17, 15) is 5.11 Å². The zero-order valence-electron chi connectivity index (χ0n) is 9.23. The van der Waals surface area contributed by atoms with Crippen molar-refractivity contribution in [3.63, 3.8) is 0 Å². The number of methoxy groups -OCH3 is 1. The SMILES string of the molecule is COc1ccc2[nH]cc([C@@H](O)CCN)c2c1. The number of aliphatic hydroxyl groups excluding tert-OH is 1. The largest absolute Gasteiger partial charge is 0.497 e. The number of hydrogen-bond acceptors (Lipinski definition) is 3. The lowest BCUT2D eigenvalue weighted by Crippen LogP contribution is -2.06. The summed E-state index contributed by atoms with van der Waals surface area (Å²) in [7, 11) is 1.63. The number of fused-ring (bicyclic) bond motifs is 1. The normalized spacial score (nSPS) is 12.9. The lowest BCUT2D eigenvalue weighted by atomic mass is 10.1. The summed E-state index contributed by atoms with van der Waals surface area (Å²) in [5, 5.41) is 10.9. The number of ether oxygens (including phenoxy) is 1. The Morgan fingerprint density at radius 1 is 1.50 bits per heavy atom. The molecule has 4 heteroatoms. The molecule has 0 saturated carbocycles. The van der Waals surface area contributed by atoms with Gasteiger partial charge in [0.2, 0.25) is 0 Å². The Morgan fingerprint density at radius 2 is 2.31 bits per heavy atom. The van der Waals surface area contributed by atoms with Gasteiger partial charge in [0.15, 0.2) is 0 Å². The summed E-state index contributed by atoms with van der Waals surface area (Å²) in [5.74, 6) is 0.785. The quantitative estimate of drug-likeness (QED) is 0.732. The zero-order chi connectivity index (χ0) is 11.5. The van der Waals surface area contributed by atoms with Crippen LogP contribution in [-0.4, -0.2) is 23.7 Å². The molecule has 0 aliphatic heterocycles. The summed E-state index contributed by atoms with van der Waals surface area (Å²) in [4.78, 5) is 3.12. The van der Waals surface area contributed by atoms with Crippen molar-refractivity contribution in [2.45, 2.75) is 12.5 Å². The van der Waals surface area contributed by atoms with Gasteiger partial charge in [0.25, 0.3) is 0 Å². The first-order chi connectivity index (χ1) is 7.76. The molecule has 2 aromatic rings. The minimum Gasteiger partial charge on any atom is -0.497 e. The van der Waals surface area contributed by atoms with E-state index in [4.69, 9.17) is 10.5 Å². The Morgan fingerprint density at radius 3 is 3.00 bits per heavy atom. The highest BCUT2D eigenvalue weighted by atomic mass is 16.5. The van der Waals surface area contributed by atoms with Crippen molar-refractivity contribution < 1.29 is 9.84 Å². The molecule has 2 rings (SSSR count). The predicted octanol–water partition coefficient (Wildman–Crippen LogP) is 1.56. The number of nitrogens with two attached hydrogens (primary N) is 1. The van der Waals surface area contributed by atoms with E-state index in [1.807, 2.05) is 24.4 Å². The van der Waals surface area contributed by atoms with E-state index >= 15 is 0 Å². The van der Waals surface area contributed by atoms with Crippen LogP contribution < -0.4 is 10.5 Å². The first-order valence-electron chi connectivity index (χ1n) is 5.29. The minimum absolute atomic E-state index is 0.470. The van der Waals surface area contributed by atoms with Gasteiger partial charge in [-0.15, -0.1) is 0 Å². The number of H-pyrrole nitrogens is 1. The second-order valence-electron chi connectivity index (χ2n) is 3.75. The van der Waals surface area contributed by atoms with Crippen LogP contribution in [-0.2, 0) is 0 Å². The monoisotopic (exact) mass is 220 g/mol. The third-order valence-corrected chi connectivity index (χ3v) is 2.72. The number of nitrogens with one attached hydrogen (secondary N) is 1. The second kappa shape index (κ2) is 4.55. The lowest BCUT2D eigenvalue weighted by Gasteiger charge is -2.08. The van der Waals surface area contributed by atoms with Crippen LogP contribution >= 0.6 is 0 Å². The highest BCUT2D eigenvalue weighted by molar-refractivity contribution is 5.85. The molecule has 1 aromatic carbocycles. The molecule has 0 amide bonds. The Labute approximate surface area is 94.0 Å². The number of aromatic nitrogens is 1. The smallest absolute Gasteiger partial charge is 0.119 e. The molecule has 1 atom stereocenters. The predicted molar refractivity (Wildman–Crippen MR) is 63.5 cm³/mol. The number of rotatable bonds is 4. The molecule has 0 fully saturated rings. The summed E-state index contributed by atoms with van der Waals surface area (Å²) in [6.07, 6.45) is 1.86. The van der Waals surface area contributed by atoms with E-state index in [1.54, 1.807) is 7.11 Å². The molecule has 4 nitrogen and oxygen atoms in total. The van der Waals surface area contributed by atoms with Crippen LogP contribution in [0.25, 0.3) is 10.9 Å². The van der Waals surface area contributed by atoms with Crippen LogP contribution in [0, 0.1) is 0 Å². The number of hydrogen-bond donors (Lipinski definition) is 3. The van der Waals surface area contributed by atoms with Crippen molar-refractivity contribution in [1.82, 2.24) is 4.98 Å². The molecule has 0 saturated heterocycles. The van der Waals surface area contributed by atoms with E-state index in [-0.39, 0.29) is 0 Å². The van der Waals surface area contributed by atoms with Crippen LogP contribution in [0.4, 0.5) is 0 Å². The molecular formula is C12H16N2O2. The molecule has 1 aromatic heterocycles. The van der Waals surface area contributed by atoms with Gasteiger partial charge in [-0.3, -0.25) is 0 Å². The number of aliphatic hydroxyl groups is 1. The van der Waals surface area contributed by atoms with Gasteiger partial charge in [0.1, 0.15) is 5.75 Å². The molecule has 0 radical (unpaired) electrons. The highest BCUT2D eigenvalue weighted by Crippen LogP contribution is 2.28. The standard InChI is InChI=1S/C12H16N2O2/c1-16-8-2-3-11-9(6-8)10(7-14-11)12(15)4-5-13/h2-3,6-7,12,14-15H,4-5,13H2,1H3/t12-/m0/s1. The summed E-state index contributed by atoms with van der Waals surface area (Å²) >= 11 is 0. The van der Waals surface area contributed by atoms with Crippen molar-refractivity contribution in [1.29, 1.82) is 0 Å². The Kier molecular flexibility index (Phi) is 3.12. The Bertz CT molecular complexity index is 479. The maximum atomic E-state index is 9.93. The van der Waals surface area contributed by atoms with Gasteiger partial charge >= 0.3 is 0 Å². The first kappa shape index (κ1) is 11.0. The fraction of sp³-hybridized carbons (Fsp3) is 0.333. The van der Waals surface area contributed by atoms with Crippen molar-refractivity contribution in [2.24, 2.45) is 5.73 Å². The summed E-state index contributed by atoms with van der Waals surface area (Å²) in [5.41, 5.74) is 7.31. The van der Waals surface area contributed by atoms with E-state index in [0.29, 0.717) is 13.0 Å². The van der Waals surface area contributed by atoms with Gasteiger partial charge in [-0.2, -0.15) is 0 Å². The van der Waals surface area contributed by atoms with Gasteiger partial charge in [0.05, 0.1) is 13.2 Å². The van der Waals surface area contributed by atoms with E-state index in [1.165, 1.54) is 0 Å². The minimum atomic E-state index is -0.522. The molecule has 16 heavy (non-hydrogen) atoms. The van der Waals surface area contributed by atoms with Gasteiger partial charge in [-0.05, 0) is 31.2 Å². The maximum absolute atomic E-state index is 9.93. The van der Waals surface area contributed by atoms with Crippen LogP contribution in [0.15, 0.2) is 24.4 Å². The van der Waals surface area contributed by atoms with E-state index in [2.05, 4.69) is 4.98 Å². The molecule has 0 bridgehead atoms. The molecule has 0 spiro atoms. The molecular weight excluding hydrogens is 204 g/mol. The average Bonchev–Trinajstić information content (AvgIpc) is 2.71. The number of benzene rings is 1. The third kappa shape index (κ3) is 1.89. The molecule has 0 aliphatic rings. The van der Waals surface area contributed by atoms with Crippen LogP contribution in [0.1, 0.15) is 18.1 Å². The molecule has 1 heterocycles. The van der Waals surface area contributed by atoms with Crippen molar-refractivity contribution in [3.8, 4) is 5.75 Å². The summed E-state index contributed by atoms with van der Waals surface area (Å²) in [6, 6.07) is 5.74. The fourth-order valence-electron chi connectivity index (χ4n) is 1.84. The number of aromatic amines is 1. The van der Waals surface area contributed by atoms with Crippen molar-refractivity contribution >= 4 is 10.9 Å². The van der Waals surface area contributed by atoms with Crippen LogP contribution in [0.5, 0.6) is 5.75 Å². The molecule has 0 aliphatic carbocycles. The summed E-state index contributed by atoms with van der Waals surface area (Å²) < 4.78 is 5.17. The summed E-state index contributed by atoms with van der Waals surface area (Å²) in [6.45, 7) is 0.470. The van der Waals surface area contributed by atoms with Gasteiger partial charge in [0, 0.05) is 22.7 Å². The maximum Gasteiger partial charge on any atom is 0.119 e. The van der Waals surface area contributed by atoms with Crippen LogP contribution in [0.3, 0.4) is 0 Å². The van der Waals surface area contributed by atoms with Crippen molar-refractivity contribution in [2.75, 3.05) is 13.7 Å². The van der Waals surface area contributed by atoms with Crippen LogP contribution in [0.2, 0.25) is 0 Å². The highest BCUT2D eigenvalue weighted by Gasteiger charge is 2.12. The Balaban J connectivity index is 2.45. The first-order valence-corrected chi connectivity index (χ1v) is 5.29. The van der Waals surface area contributed by atoms with E-state index in [0.717, 1.165) is 22.2 Å². The average molecular weight is 220 g/mol. The lowest BCUT2D eigenvalue weighted by molar-refractivity contribution is 0.172. The fourth-order valence-corrected chi connectivity index (χ4v) is 1.84. The van der Waals surface area contributed by atoms with Gasteiger partial charge in [-0.1, -0.05) is 0 Å². The molecule has 4 N–H and O–H groups in total. The zero-order valence-corrected chi connectivity index (χ0v) is 9.23.